The number of piperidine rings is 1. The highest BCUT2D eigenvalue weighted by Gasteiger charge is 2.31. The van der Waals surface area contributed by atoms with Crippen LogP contribution in [0.4, 0.5) is 0 Å². The van der Waals surface area contributed by atoms with Crippen LogP contribution < -0.4 is 0 Å². The molecule has 2 fully saturated rings. The summed E-state index contributed by atoms with van der Waals surface area (Å²) in [5.41, 5.74) is 1.09. The molecule has 0 spiro atoms. The first kappa shape index (κ1) is 15.1. The number of β-amino-alcohol motifs (C(OH)–C–C–N with tert-alkyl or cyclic N) is 1. The van der Waals surface area contributed by atoms with Crippen molar-refractivity contribution in [2.45, 2.75) is 44.4 Å². The Morgan fingerprint density at radius 2 is 1.96 bits per heavy atom. The van der Waals surface area contributed by atoms with Gasteiger partial charge in [0.2, 0.25) is 4.77 Å². The van der Waals surface area contributed by atoms with E-state index in [9.17, 15) is 5.11 Å². The smallest absolute Gasteiger partial charge is 0.203 e. The molecule has 2 aromatic rings. The molecule has 0 bridgehead atoms. The standard InChI is InChI=1S/C17H22N4OS/c22-15-7-4-10-19(11-15)12-20-17(23)21(14-5-2-1-3-6-14)16(18-20)13-8-9-13/h1-3,5-6,13,15,22H,4,7-12H2/t15-/m1/s1. The Hall–Kier alpha value is -1.50. The predicted octanol–water partition coefficient (Wildman–Crippen LogP) is 2.69. The second kappa shape index (κ2) is 6.19. The Morgan fingerprint density at radius 1 is 1.17 bits per heavy atom. The van der Waals surface area contributed by atoms with E-state index in [1.807, 2.05) is 22.9 Å². The van der Waals surface area contributed by atoms with Crippen LogP contribution in [0.25, 0.3) is 5.69 Å². The maximum Gasteiger partial charge on any atom is 0.203 e. The molecule has 122 valence electrons. The lowest BCUT2D eigenvalue weighted by molar-refractivity contribution is 0.0512. The van der Waals surface area contributed by atoms with Gasteiger partial charge in [0.05, 0.1) is 12.8 Å². The Morgan fingerprint density at radius 3 is 2.65 bits per heavy atom. The van der Waals surface area contributed by atoms with Gasteiger partial charge < -0.3 is 5.11 Å². The Balaban J connectivity index is 1.67. The van der Waals surface area contributed by atoms with E-state index in [-0.39, 0.29) is 6.10 Å². The van der Waals surface area contributed by atoms with Crippen molar-refractivity contribution in [2.24, 2.45) is 0 Å². The third-order valence-corrected chi connectivity index (χ3v) is 5.03. The van der Waals surface area contributed by atoms with Crippen molar-refractivity contribution in [1.82, 2.24) is 19.2 Å². The summed E-state index contributed by atoms with van der Waals surface area (Å²) in [6, 6.07) is 10.2. The molecule has 0 radical (unpaired) electrons. The maximum absolute atomic E-state index is 9.86. The summed E-state index contributed by atoms with van der Waals surface area (Å²) in [5.74, 6) is 1.61. The highest BCUT2D eigenvalue weighted by atomic mass is 32.1. The van der Waals surface area contributed by atoms with E-state index < -0.39 is 0 Å². The van der Waals surface area contributed by atoms with Crippen LogP contribution in [0.1, 0.15) is 37.4 Å². The average molecular weight is 330 g/mol. The molecule has 1 aliphatic heterocycles. The van der Waals surface area contributed by atoms with Gasteiger partial charge in [-0.15, -0.1) is 0 Å². The summed E-state index contributed by atoms with van der Waals surface area (Å²) < 4.78 is 4.79. The number of hydrogen-bond donors (Lipinski definition) is 1. The Kier molecular flexibility index (Phi) is 4.05. The third kappa shape index (κ3) is 3.11. The van der Waals surface area contributed by atoms with Crippen molar-refractivity contribution in [2.75, 3.05) is 13.1 Å². The van der Waals surface area contributed by atoms with E-state index in [1.165, 1.54) is 12.8 Å². The van der Waals surface area contributed by atoms with Gasteiger partial charge in [-0.05, 0) is 50.0 Å². The summed E-state index contributed by atoms with van der Waals surface area (Å²) in [7, 11) is 0. The first-order valence-corrected chi connectivity index (χ1v) is 8.79. The van der Waals surface area contributed by atoms with Gasteiger partial charge in [-0.25, -0.2) is 4.68 Å². The van der Waals surface area contributed by atoms with E-state index in [4.69, 9.17) is 17.3 Å². The molecule has 1 saturated heterocycles. The minimum atomic E-state index is -0.225. The molecular weight excluding hydrogens is 308 g/mol. The van der Waals surface area contributed by atoms with Crippen LogP contribution in [0.15, 0.2) is 30.3 Å². The average Bonchev–Trinajstić information content (AvgIpc) is 3.34. The Bertz CT molecular complexity index is 735. The second-order valence-electron chi connectivity index (χ2n) is 6.60. The lowest BCUT2D eigenvalue weighted by atomic mass is 10.1. The van der Waals surface area contributed by atoms with Crippen LogP contribution >= 0.6 is 12.2 Å². The number of hydrogen-bond acceptors (Lipinski definition) is 4. The fourth-order valence-corrected chi connectivity index (χ4v) is 3.59. The minimum absolute atomic E-state index is 0.225. The van der Waals surface area contributed by atoms with Crippen LogP contribution in [0, 0.1) is 4.77 Å². The first-order chi connectivity index (χ1) is 11.2. The molecule has 5 nitrogen and oxygen atoms in total. The summed E-state index contributed by atoms with van der Waals surface area (Å²) >= 11 is 5.71. The van der Waals surface area contributed by atoms with Crippen molar-refractivity contribution in [1.29, 1.82) is 0 Å². The van der Waals surface area contributed by atoms with Crippen LogP contribution in [0.2, 0.25) is 0 Å². The van der Waals surface area contributed by atoms with Crippen molar-refractivity contribution in [3.63, 3.8) is 0 Å². The molecule has 2 heterocycles. The highest BCUT2D eigenvalue weighted by molar-refractivity contribution is 7.71. The van der Waals surface area contributed by atoms with Gasteiger partial charge >= 0.3 is 0 Å². The maximum atomic E-state index is 9.86. The first-order valence-electron chi connectivity index (χ1n) is 8.38. The fraction of sp³-hybridized carbons (Fsp3) is 0.529. The lowest BCUT2D eigenvalue weighted by Crippen LogP contribution is -2.39. The molecule has 1 aromatic carbocycles. The van der Waals surface area contributed by atoms with E-state index in [0.29, 0.717) is 19.1 Å². The van der Waals surface area contributed by atoms with Crippen LogP contribution in [-0.2, 0) is 6.67 Å². The topological polar surface area (TPSA) is 46.2 Å². The second-order valence-corrected chi connectivity index (χ2v) is 6.97. The van der Waals surface area contributed by atoms with Crippen molar-refractivity contribution >= 4 is 12.2 Å². The minimum Gasteiger partial charge on any atom is -0.392 e. The highest BCUT2D eigenvalue weighted by Crippen LogP contribution is 2.40. The zero-order valence-corrected chi connectivity index (χ0v) is 14.0. The summed E-state index contributed by atoms with van der Waals surface area (Å²) in [4.78, 5) is 2.24. The SMILES string of the molecule is O[C@@H]1CCCN(Cn2nc(C3CC3)n(-c3ccccc3)c2=S)C1. The van der Waals surface area contributed by atoms with Gasteiger partial charge in [-0.2, -0.15) is 5.10 Å². The molecule has 4 rings (SSSR count). The molecular formula is C17H22N4OS. The number of likely N-dealkylation sites (tertiary alicyclic amines) is 1. The van der Waals surface area contributed by atoms with Gasteiger partial charge in [-0.1, -0.05) is 18.2 Å². The predicted molar refractivity (Wildman–Crippen MR) is 91.2 cm³/mol. The zero-order chi connectivity index (χ0) is 15.8. The zero-order valence-electron chi connectivity index (χ0n) is 13.1. The molecule has 0 amide bonds. The monoisotopic (exact) mass is 330 g/mol. The van der Waals surface area contributed by atoms with Gasteiger partial charge in [0.15, 0.2) is 0 Å². The summed E-state index contributed by atoms with van der Waals surface area (Å²) in [6.07, 6.45) is 4.09. The van der Waals surface area contributed by atoms with Gasteiger partial charge in [0, 0.05) is 24.7 Å². The van der Waals surface area contributed by atoms with E-state index >= 15 is 0 Å². The number of benzene rings is 1. The van der Waals surface area contributed by atoms with Gasteiger partial charge in [0.1, 0.15) is 5.82 Å². The van der Waals surface area contributed by atoms with Crippen LogP contribution in [0.3, 0.4) is 0 Å². The lowest BCUT2D eigenvalue weighted by Gasteiger charge is -2.29. The third-order valence-electron chi connectivity index (χ3n) is 4.64. The van der Waals surface area contributed by atoms with E-state index in [1.54, 1.807) is 0 Å². The van der Waals surface area contributed by atoms with Crippen molar-refractivity contribution in [3.8, 4) is 5.69 Å². The summed E-state index contributed by atoms with van der Waals surface area (Å²) in [5, 5.41) is 14.7. The molecule has 23 heavy (non-hydrogen) atoms. The molecule has 0 unspecified atom stereocenters. The van der Waals surface area contributed by atoms with Crippen LogP contribution in [0.5, 0.6) is 0 Å². The van der Waals surface area contributed by atoms with Crippen LogP contribution in [-0.4, -0.2) is 43.5 Å². The van der Waals surface area contributed by atoms with E-state index in [2.05, 4.69) is 21.6 Å². The fourth-order valence-electron chi connectivity index (χ4n) is 3.29. The van der Waals surface area contributed by atoms with Crippen molar-refractivity contribution in [3.05, 3.63) is 40.9 Å². The molecule has 2 aliphatic rings. The molecule has 1 aromatic heterocycles. The largest absolute Gasteiger partial charge is 0.392 e. The number of aliphatic hydroxyl groups is 1. The quantitative estimate of drug-likeness (QED) is 0.876. The molecule has 1 saturated carbocycles. The molecule has 1 N–H and O–H groups in total. The normalized spacial score (nSPS) is 22.4. The molecule has 1 atom stereocenters. The van der Waals surface area contributed by atoms with E-state index in [0.717, 1.165) is 35.7 Å². The number of para-hydroxylation sites is 1. The van der Waals surface area contributed by atoms with Gasteiger partial charge in [-0.3, -0.25) is 9.47 Å². The number of nitrogens with zero attached hydrogens (tertiary/aromatic N) is 4. The molecule has 6 heteroatoms. The Labute approximate surface area is 141 Å². The number of aromatic nitrogens is 3. The number of rotatable bonds is 4. The van der Waals surface area contributed by atoms with Crippen molar-refractivity contribution < 1.29 is 5.11 Å². The molecule has 1 aliphatic carbocycles. The number of aliphatic hydroxyl groups excluding tert-OH is 1. The van der Waals surface area contributed by atoms with Gasteiger partial charge in [0.25, 0.3) is 0 Å². The summed E-state index contributed by atoms with van der Waals surface area (Å²) in [6.45, 7) is 2.37.